The maximum Gasteiger partial charge on any atom is 0.00560 e. The number of rotatable bonds is 1. The van der Waals surface area contributed by atoms with Crippen LogP contribution in [0.5, 0.6) is 0 Å². The first-order chi connectivity index (χ1) is 9.72. The zero-order chi connectivity index (χ0) is 13.9. The van der Waals surface area contributed by atoms with E-state index in [2.05, 4.69) is 80.6 Å². The van der Waals surface area contributed by atoms with Crippen LogP contribution >= 0.6 is 0 Å². The maximum atomic E-state index is 2.34. The Morgan fingerprint density at radius 2 is 1.67 bits per heavy atom. The summed E-state index contributed by atoms with van der Waals surface area (Å²) >= 11 is 0. The molecule has 0 fully saturated rings. The molecule has 1 unspecified atom stereocenters. The Labute approximate surface area is 128 Å². The molecule has 0 bridgehead atoms. The summed E-state index contributed by atoms with van der Waals surface area (Å²) in [6.07, 6.45) is 10.2. The predicted octanol–water partition coefficient (Wildman–Crippen LogP) is 6.15. The van der Waals surface area contributed by atoms with Gasteiger partial charge >= 0.3 is 0 Å². The average molecular weight is 276 g/mol. The minimum atomic E-state index is 0. The number of hydrogen-bond donors (Lipinski definition) is 0. The van der Waals surface area contributed by atoms with Gasteiger partial charge in [-0.2, -0.15) is 0 Å². The summed E-state index contributed by atoms with van der Waals surface area (Å²) in [7, 11) is 0. The van der Waals surface area contributed by atoms with Gasteiger partial charge in [0.2, 0.25) is 0 Å². The molecule has 21 heavy (non-hydrogen) atoms. The second kappa shape index (κ2) is 6.58. The average Bonchev–Trinajstić information content (AvgIpc) is 2.41. The van der Waals surface area contributed by atoms with Crippen LogP contribution < -0.4 is 0 Å². The first-order valence-electron chi connectivity index (χ1n) is 7.24. The minimum absolute atomic E-state index is 0. The highest BCUT2D eigenvalue weighted by Gasteiger charge is 2.09. The fourth-order valence-corrected chi connectivity index (χ4v) is 2.78. The lowest BCUT2D eigenvalue weighted by molar-refractivity contribution is 0.867. The lowest BCUT2D eigenvalue weighted by Gasteiger charge is -2.14. The quantitative estimate of drug-likeness (QED) is 0.585. The number of aryl methyl sites for hydroxylation is 2. The molecule has 2 aromatic carbocycles. The lowest BCUT2D eigenvalue weighted by Crippen LogP contribution is -1.96. The molecule has 3 rings (SSSR count). The molecule has 0 heterocycles. The van der Waals surface area contributed by atoms with Crippen molar-refractivity contribution in [2.75, 3.05) is 0 Å². The molecule has 108 valence electrons. The fourth-order valence-electron chi connectivity index (χ4n) is 2.78. The SMILES string of the molecule is C.Cc1cccc(C2C=Cc3cc(C)ccc3/C=C\C2)c1. The van der Waals surface area contributed by atoms with Gasteiger partial charge in [0.1, 0.15) is 0 Å². The number of hydrogen-bond acceptors (Lipinski definition) is 0. The molecule has 0 nitrogen and oxygen atoms in total. The molecule has 0 radical (unpaired) electrons. The van der Waals surface area contributed by atoms with Gasteiger partial charge in [-0.25, -0.2) is 0 Å². The zero-order valence-corrected chi connectivity index (χ0v) is 12.1. The second-order valence-electron chi connectivity index (χ2n) is 5.65. The molecule has 0 saturated carbocycles. The van der Waals surface area contributed by atoms with Crippen LogP contribution in [0.2, 0.25) is 0 Å². The van der Waals surface area contributed by atoms with Crippen molar-refractivity contribution in [1.82, 2.24) is 0 Å². The van der Waals surface area contributed by atoms with Gasteiger partial charge in [-0.3, -0.25) is 0 Å². The topological polar surface area (TPSA) is 0 Å². The maximum absolute atomic E-state index is 2.34. The predicted molar refractivity (Wildman–Crippen MR) is 94.5 cm³/mol. The second-order valence-corrected chi connectivity index (χ2v) is 5.65. The van der Waals surface area contributed by atoms with Crippen molar-refractivity contribution in [2.24, 2.45) is 0 Å². The van der Waals surface area contributed by atoms with Crippen molar-refractivity contribution >= 4 is 12.2 Å². The third-order valence-corrected chi connectivity index (χ3v) is 3.91. The summed E-state index contributed by atoms with van der Waals surface area (Å²) in [6, 6.07) is 15.5. The third-order valence-electron chi connectivity index (χ3n) is 3.91. The highest BCUT2D eigenvalue weighted by molar-refractivity contribution is 5.67. The number of benzene rings is 2. The molecule has 0 aromatic heterocycles. The minimum Gasteiger partial charge on any atom is -0.0830 e. The van der Waals surface area contributed by atoms with Gasteiger partial charge in [0, 0.05) is 5.92 Å². The van der Waals surface area contributed by atoms with Crippen LogP contribution in [0.1, 0.15) is 47.6 Å². The van der Waals surface area contributed by atoms with Crippen molar-refractivity contribution in [3.05, 3.63) is 82.4 Å². The molecule has 0 saturated heterocycles. The molecule has 1 atom stereocenters. The molecule has 1 aliphatic rings. The first-order valence-corrected chi connectivity index (χ1v) is 7.24. The first kappa shape index (κ1) is 15.3. The molecular formula is C21H24. The van der Waals surface area contributed by atoms with Crippen molar-refractivity contribution in [3.63, 3.8) is 0 Å². The van der Waals surface area contributed by atoms with E-state index < -0.39 is 0 Å². The molecule has 2 aromatic rings. The van der Waals surface area contributed by atoms with Gasteiger partial charge in [-0.15, -0.1) is 0 Å². The molecule has 0 amide bonds. The molecule has 0 heteroatoms. The van der Waals surface area contributed by atoms with Crippen LogP contribution in [0.4, 0.5) is 0 Å². The summed E-state index contributed by atoms with van der Waals surface area (Å²) in [6.45, 7) is 4.30. The van der Waals surface area contributed by atoms with E-state index >= 15 is 0 Å². The Kier molecular flexibility index (Phi) is 4.80. The summed E-state index contributed by atoms with van der Waals surface area (Å²) in [5.74, 6) is 0.472. The van der Waals surface area contributed by atoms with E-state index in [4.69, 9.17) is 0 Å². The Hall–Kier alpha value is -2.08. The number of allylic oxidation sites excluding steroid dienone is 2. The largest absolute Gasteiger partial charge is 0.0830 e. The van der Waals surface area contributed by atoms with Crippen molar-refractivity contribution < 1.29 is 0 Å². The van der Waals surface area contributed by atoms with Crippen molar-refractivity contribution in [1.29, 1.82) is 0 Å². The van der Waals surface area contributed by atoms with Crippen LogP contribution in [0.25, 0.3) is 12.2 Å². The monoisotopic (exact) mass is 276 g/mol. The van der Waals surface area contributed by atoms with Crippen LogP contribution in [-0.4, -0.2) is 0 Å². The van der Waals surface area contributed by atoms with E-state index in [1.165, 1.54) is 27.8 Å². The van der Waals surface area contributed by atoms with E-state index in [1.807, 2.05) is 0 Å². The van der Waals surface area contributed by atoms with Gasteiger partial charge in [0.25, 0.3) is 0 Å². The van der Waals surface area contributed by atoms with Gasteiger partial charge in [0.15, 0.2) is 0 Å². The van der Waals surface area contributed by atoms with Crippen LogP contribution in [0.15, 0.2) is 54.6 Å². The van der Waals surface area contributed by atoms with Gasteiger partial charge < -0.3 is 0 Å². The highest BCUT2D eigenvalue weighted by Crippen LogP contribution is 2.27. The summed E-state index contributed by atoms with van der Waals surface area (Å²) in [4.78, 5) is 0. The van der Waals surface area contributed by atoms with Crippen molar-refractivity contribution in [3.8, 4) is 0 Å². The lowest BCUT2D eigenvalue weighted by atomic mass is 9.90. The summed E-state index contributed by atoms with van der Waals surface area (Å²) < 4.78 is 0. The molecule has 0 N–H and O–H groups in total. The standard InChI is InChI=1S/C20H20.CH4/c1-15-5-3-8-19(13-15)18-7-4-6-17-10-9-16(2)14-20(17)12-11-18;/h3-6,8-14,18H,7H2,1-2H3;1H4/b6-4-,12-11?;. The fraction of sp³-hybridized carbons (Fsp3) is 0.238. The Morgan fingerprint density at radius 3 is 2.48 bits per heavy atom. The smallest absolute Gasteiger partial charge is 0.00560 e. The molecule has 0 aliphatic heterocycles. The molecule has 0 spiro atoms. The van der Waals surface area contributed by atoms with E-state index in [-0.39, 0.29) is 7.43 Å². The number of fused-ring (bicyclic) bond motifs is 1. The van der Waals surface area contributed by atoms with Crippen molar-refractivity contribution in [2.45, 2.75) is 33.6 Å². The Balaban J connectivity index is 0.00000161. The van der Waals surface area contributed by atoms with Gasteiger partial charge in [0.05, 0.1) is 0 Å². The van der Waals surface area contributed by atoms with Crippen LogP contribution in [-0.2, 0) is 0 Å². The Morgan fingerprint density at radius 1 is 0.857 bits per heavy atom. The summed E-state index contributed by atoms with van der Waals surface area (Å²) in [5, 5.41) is 0. The molecule has 1 aliphatic carbocycles. The highest BCUT2D eigenvalue weighted by atomic mass is 14.1. The van der Waals surface area contributed by atoms with Gasteiger partial charge in [-0.05, 0) is 37.0 Å². The summed E-state index contributed by atoms with van der Waals surface area (Å²) in [5.41, 5.74) is 6.68. The third kappa shape index (κ3) is 3.52. The van der Waals surface area contributed by atoms with E-state index in [0.29, 0.717) is 5.92 Å². The van der Waals surface area contributed by atoms with Crippen LogP contribution in [0, 0.1) is 13.8 Å². The van der Waals surface area contributed by atoms with E-state index in [9.17, 15) is 0 Å². The Bertz CT molecular complexity index is 674. The van der Waals surface area contributed by atoms with E-state index in [1.54, 1.807) is 0 Å². The normalized spacial score (nSPS) is 18.1. The zero-order valence-electron chi connectivity index (χ0n) is 12.1. The van der Waals surface area contributed by atoms with Crippen LogP contribution in [0.3, 0.4) is 0 Å². The van der Waals surface area contributed by atoms with E-state index in [0.717, 1.165) is 6.42 Å². The van der Waals surface area contributed by atoms with Gasteiger partial charge in [-0.1, -0.05) is 85.3 Å². The molecular weight excluding hydrogens is 252 g/mol.